The van der Waals surface area contributed by atoms with Crippen LogP contribution in [0, 0.1) is 0 Å². The van der Waals surface area contributed by atoms with Gasteiger partial charge in [-0.05, 0) is 18.1 Å². The third kappa shape index (κ3) is 2.95. The van der Waals surface area contributed by atoms with Gasteiger partial charge in [0.2, 0.25) is 0 Å². The van der Waals surface area contributed by atoms with E-state index in [9.17, 15) is 0 Å². The van der Waals surface area contributed by atoms with Gasteiger partial charge in [0.1, 0.15) is 5.75 Å². The lowest BCUT2D eigenvalue weighted by atomic mass is 10.1. The topological polar surface area (TPSA) is 9.23 Å². The monoisotopic (exact) mass is 166 g/mol. The second-order valence-electron chi connectivity index (χ2n) is 2.17. The van der Waals surface area contributed by atoms with E-state index in [1.54, 1.807) is 7.11 Å². The van der Waals surface area contributed by atoms with Gasteiger partial charge < -0.3 is 4.74 Å². The zero-order chi connectivity index (χ0) is 9.40. The summed E-state index contributed by atoms with van der Waals surface area (Å²) in [6, 6.07) is 8.08. The summed E-state index contributed by atoms with van der Waals surface area (Å²) in [6.45, 7) is 6.12. The predicted molar refractivity (Wildman–Crippen MR) is 53.7 cm³/mol. The van der Waals surface area contributed by atoms with Crippen molar-refractivity contribution in [2.75, 3.05) is 7.11 Å². The van der Waals surface area contributed by atoms with Gasteiger partial charge in [-0.25, -0.2) is 0 Å². The Bertz CT molecular complexity index is 183. The molecule has 0 aromatic heterocycles. The maximum Gasteiger partial charge on any atom is 0.122 e. The Kier molecular flexibility index (Phi) is 6.16. The van der Waals surface area contributed by atoms with Gasteiger partial charge >= 0.3 is 0 Å². The van der Waals surface area contributed by atoms with Crippen LogP contribution in [-0.2, 0) is 6.42 Å². The molecule has 0 unspecified atom stereocenters. The Hall–Kier alpha value is -0.980. The first-order valence-corrected chi connectivity index (χ1v) is 4.50. The van der Waals surface area contributed by atoms with Crippen molar-refractivity contribution in [3.63, 3.8) is 0 Å². The van der Waals surface area contributed by atoms with Crippen molar-refractivity contribution in [2.45, 2.75) is 27.2 Å². The first kappa shape index (κ1) is 11.0. The van der Waals surface area contributed by atoms with Gasteiger partial charge in [-0.3, -0.25) is 0 Å². The molecule has 0 fully saturated rings. The van der Waals surface area contributed by atoms with Crippen LogP contribution < -0.4 is 4.74 Å². The summed E-state index contributed by atoms with van der Waals surface area (Å²) in [5.74, 6) is 0.991. The molecule has 0 saturated carbocycles. The third-order valence-electron chi connectivity index (χ3n) is 1.57. The second-order valence-corrected chi connectivity index (χ2v) is 2.17. The second kappa shape index (κ2) is 6.71. The van der Waals surface area contributed by atoms with Gasteiger partial charge in [-0.15, -0.1) is 0 Å². The third-order valence-corrected chi connectivity index (χ3v) is 1.57. The molecule has 12 heavy (non-hydrogen) atoms. The lowest BCUT2D eigenvalue weighted by Gasteiger charge is -2.03. The van der Waals surface area contributed by atoms with Crippen LogP contribution in [0.15, 0.2) is 24.3 Å². The molecule has 1 aromatic carbocycles. The number of benzene rings is 1. The summed E-state index contributed by atoms with van der Waals surface area (Å²) in [7, 11) is 1.70. The molecule has 0 amide bonds. The van der Waals surface area contributed by atoms with Crippen LogP contribution in [0.1, 0.15) is 26.3 Å². The molecular weight excluding hydrogens is 148 g/mol. The molecule has 0 aliphatic heterocycles. The largest absolute Gasteiger partial charge is 0.496 e. The minimum atomic E-state index is 0.991. The Balaban J connectivity index is 0.000000561. The summed E-state index contributed by atoms with van der Waals surface area (Å²) >= 11 is 0. The molecule has 68 valence electrons. The Morgan fingerprint density at radius 3 is 2.17 bits per heavy atom. The smallest absolute Gasteiger partial charge is 0.122 e. The molecule has 0 atom stereocenters. The average molecular weight is 166 g/mol. The molecule has 1 rings (SSSR count). The SMILES string of the molecule is CC.CCc1ccccc1OC. The maximum absolute atomic E-state index is 5.14. The van der Waals surface area contributed by atoms with Crippen LogP contribution in [0.4, 0.5) is 0 Å². The van der Waals surface area contributed by atoms with E-state index in [0.29, 0.717) is 0 Å². The lowest BCUT2D eigenvalue weighted by molar-refractivity contribution is 0.410. The van der Waals surface area contributed by atoms with Gasteiger partial charge in [0, 0.05) is 0 Å². The summed E-state index contributed by atoms with van der Waals surface area (Å²) in [4.78, 5) is 0. The zero-order valence-corrected chi connectivity index (χ0v) is 8.42. The number of hydrogen-bond acceptors (Lipinski definition) is 1. The average Bonchev–Trinajstić information content (AvgIpc) is 2.20. The molecule has 0 N–H and O–H groups in total. The Morgan fingerprint density at radius 2 is 1.75 bits per heavy atom. The molecule has 1 aromatic rings. The van der Waals surface area contributed by atoms with E-state index in [1.807, 2.05) is 32.0 Å². The van der Waals surface area contributed by atoms with Crippen molar-refractivity contribution < 1.29 is 4.74 Å². The Labute approximate surface area is 75.4 Å². The standard InChI is InChI=1S/C9H12O.C2H6/c1-3-8-6-4-5-7-9(8)10-2;1-2/h4-7H,3H2,1-2H3;1-2H3. The number of hydrogen-bond donors (Lipinski definition) is 0. The van der Waals surface area contributed by atoms with Crippen LogP contribution >= 0.6 is 0 Å². The summed E-state index contributed by atoms with van der Waals surface area (Å²) in [5, 5.41) is 0. The predicted octanol–water partition coefficient (Wildman–Crippen LogP) is 3.28. The van der Waals surface area contributed by atoms with Gasteiger partial charge in [0.15, 0.2) is 0 Å². The van der Waals surface area contributed by atoms with Crippen LogP contribution in [0.25, 0.3) is 0 Å². The summed E-state index contributed by atoms with van der Waals surface area (Å²) in [5.41, 5.74) is 1.27. The maximum atomic E-state index is 5.14. The minimum absolute atomic E-state index is 0.991. The van der Waals surface area contributed by atoms with Crippen molar-refractivity contribution in [2.24, 2.45) is 0 Å². The summed E-state index contributed by atoms with van der Waals surface area (Å²) in [6.07, 6.45) is 1.03. The highest BCUT2D eigenvalue weighted by Gasteiger charge is 1.95. The van der Waals surface area contributed by atoms with Crippen molar-refractivity contribution >= 4 is 0 Å². The number of methoxy groups -OCH3 is 1. The fraction of sp³-hybridized carbons (Fsp3) is 0.455. The van der Waals surface area contributed by atoms with Crippen molar-refractivity contribution in [3.8, 4) is 5.75 Å². The molecular formula is C11H18O. The molecule has 0 aliphatic rings. The van der Waals surface area contributed by atoms with Crippen LogP contribution in [0.2, 0.25) is 0 Å². The highest BCUT2D eigenvalue weighted by molar-refractivity contribution is 5.32. The molecule has 0 saturated heterocycles. The van der Waals surface area contributed by atoms with Gasteiger partial charge in [0.05, 0.1) is 7.11 Å². The molecule has 1 nitrogen and oxygen atoms in total. The van der Waals surface area contributed by atoms with Gasteiger partial charge in [-0.2, -0.15) is 0 Å². The van der Waals surface area contributed by atoms with E-state index in [1.165, 1.54) is 5.56 Å². The minimum Gasteiger partial charge on any atom is -0.496 e. The van der Waals surface area contributed by atoms with Gasteiger partial charge in [-0.1, -0.05) is 39.0 Å². The quantitative estimate of drug-likeness (QED) is 0.655. The van der Waals surface area contributed by atoms with Crippen LogP contribution in [0.5, 0.6) is 5.75 Å². The molecule has 0 heterocycles. The fourth-order valence-electron chi connectivity index (χ4n) is 0.995. The highest BCUT2D eigenvalue weighted by Crippen LogP contribution is 2.16. The van der Waals surface area contributed by atoms with Crippen LogP contribution in [0.3, 0.4) is 0 Å². The van der Waals surface area contributed by atoms with E-state index in [4.69, 9.17) is 4.74 Å². The van der Waals surface area contributed by atoms with E-state index in [2.05, 4.69) is 13.0 Å². The van der Waals surface area contributed by atoms with Crippen molar-refractivity contribution in [3.05, 3.63) is 29.8 Å². The molecule has 0 aliphatic carbocycles. The first-order chi connectivity index (χ1) is 5.88. The molecule has 1 heteroatoms. The Morgan fingerprint density at radius 1 is 1.17 bits per heavy atom. The van der Waals surface area contributed by atoms with Crippen molar-refractivity contribution in [1.29, 1.82) is 0 Å². The lowest BCUT2D eigenvalue weighted by Crippen LogP contribution is -1.88. The highest BCUT2D eigenvalue weighted by atomic mass is 16.5. The van der Waals surface area contributed by atoms with Crippen molar-refractivity contribution in [1.82, 2.24) is 0 Å². The number of aryl methyl sites for hydroxylation is 1. The summed E-state index contributed by atoms with van der Waals surface area (Å²) < 4.78 is 5.14. The molecule has 0 radical (unpaired) electrons. The van der Waals surface area contributed by atoms with E-state index in [0.717, 1.165) is 12.2 Å². The number of ether oxygens (including phenoxy) is 1. The number of rotatable bonds is 2. The van der Waals surface area contributed by atoms with Gasteiger partial charge in [0.25, 0.3) is 0 Å². The number of para-hydroxylation sites is 1. The normalized spacial score (nSPS) is 8.33. The van der Waals surface area contributed by atoms with E-state index < -0.39 is 0 Å². The molecule has 0 bridgehead atoms. The zero-order valence-electron chi connectivity index (χ0n) is 8.42. The molecule has 0 spiro atoms. The van der Waals surface area contributed by atoms with E-state index in [-0.39, 0.29) is 0 Å². The first-order valence-electron chi connectivity index (χ1n) is 4.50. The van der Waals surface area contributed by atoms with E-state index >= 15 is 0 Å². The fourth-order valence-corrected chi connectivity index (χ4v) is 0.995. The van der Waals surface area contributed by atoms with Crippen LogP contribution in [-0.4, -0.2) is 7.11 Å².